The molecule has 0 aromatic carbocycles. The van der Waals surface area contributed by atoms with Crippen molar-refractivity contribution in [2.24, 2.45) is 5.41 Å². The SMILES string of the molecule is CCC1(C(=O)O)CCN(S(=O)(=O)C(F)F)C1. The van der Waals surface area contributed by atoms with E-state index in [0.717, 1.165) is 0 Å². The van der Waals surface area contributed by atoms with Crippen molar-refractivity contribution in [3.8, 4) is 0 Å². The highest BCUT2D eigenvalue weighted by Crippen LogP contribution is 2.36. The number of hydrogen-bond acceptors (Lipinski definition) is 3. The molecule has 1 atom stereocenters. The van der Waals surface area contributed by atoms with Crippen LogP contribution in [0, 0.1) is 5.41 Å². The summed E-state index contributed by atoms with van der Waals surface area (Å²) in [4.78, 5) is 11.0. The van der Waals surface area contributed by atoms with Crippen molar-refractivity contribution in [1.29, 1.82) is 0 Å². The predicted molar refractivity (Wildman–Crippen MR) is 51.5 cm³/mol. The largest absolute Gasteiger partial charge is 0.481 e. The lowest BCUT2D eigenvalue weighted by Crippen LogP contribution is -2.38. The van der Waals surface area contributed by atoms with Crippen LogP contribution in [0.4, 0.5) is 8.78 Å². The van der Waals surface area contributed by atoms with Crippen LogP contribution in [0.3, 0.4) is 0 Å². The lowest BCUT2D eigenvalue weighted by Gasteiger charge is -2.22. The molecule has 1 N–H and O–H groups in total. The summed E-state index contributed by atoms with van der Waals surface area (Å²) in [5.74, 6) is -4.63. The molecule has 0 spiro atoms. The zero-order valence-corrected chi connectivity index (χ0v) is 9.51. The Morgan fingerprint density at radius 3 is 2.44 bits per heavy atom. The van der Waals surface area contributed by atoms with E-state index in [0.29, 0.717) is 4.31 Å². The van der Waals surface area contributed by atoms with Gasteiger partial charge in [-0.15, -0.1) is 0 Å². The fourth-order valence-electron chi connectivity index (χ4n) is 1.78. The van der Waals surface area contributed by atoms with E-state index in [4.69, 9.17) is 5.11 Å². The highest BCUT2D eigenvalue weighted by atomic mass is 32.2. The number of carboxylic acid groups (broad SMARTS) is 1. The first-order valence-corrected chi connectivity index (χ1v) is 6.27. The Bertz CT molecular complexity index is 383. The molecule has 94 valence electrons. The molecule has 1 rings (SSSR count). The first kappa shape index (κ1) is 13.3. The Hall–Kier alpha value is -0.760. The summed E-state index contributed by atoms with van der Waals surface area (Å²) in [7, 11) is -4.65. The van der Waals surface area contributed by atoms with Crippen molar-refractivity contribution in [3.63, 3.8) is 0 Å². The monoisotopic (exact) mass is 257 g/mol. The van der Waals surface area contributed by atoms with Crippen LogP contribution in [0.2, 0.25) is 0 Å². The maximum atomic E-state index is 12.2. The highest BCUT2D eigenvalue weighted by Gasteiger charge is 2.48. The second-order valence-electron chi connectivity index (χ2n) is 3.83. The number of rotatable bonds is 4. The van der Waals surface area contributed by atoms with Gasteiger partial charge in [0.05, 0.1) is 5.41 Å². The van der Waals surface area contributed by atoms with E-state index in [-0.39, 0.29) is 25.9 Å². The van der Waals surface area contributed by atoms with E-state index in [1.807, 2.05) is 0 Å². The van der Waals surface area contributed by atoms with Crippen LogP contribution in [0.1, 0.15) is 19.8 Å². The van der Waals surface area contributed by atoms with E-state index >= 15 is 0 Å². The molecule has 0 aromatic rings. The van der Waals surface area contributed by atoms with Crippen LogP contribution < -0.4 is 0 Å². The molecule has 5 nitrogen and oxygen atoms in total. The standard InChI is InChI=1S/C8H13F2NO4S/c1-2-8(6(12)13)3-4-11(5-8)16(14,15)7(9)10/h7H,2-5H2,1H3,(H,12,13). The van der Waals surface area contributed by atoms with Gasteiger partial charge in [-0.25, -0.2) is 8.42 Å². The Morgan fingerprint density at radius 1 is 1.56 bits per heavy atom. The van der Waals surface area contributed by atoms with Gasteiger partial charge in [0, 0.05) is 13.1 Å². The molecule has 0 saturated carbocycles. The molecule has 0 amide bonds. The second-order valence-corrected chi connectivity index (χ2v) is 5.73. The summed E-state index contributed by atoms with van der Waals surface area (Å²) < 4.78 is 47.3. The Morgan fingerprint density at radius 2 is 2.12 bits per heavy atom. The van der Waals surface area contributed by atoms with Crippen LogP contribution in [0.5, 0.6) is 0 Å². The Kier molecular flexibility index (Phi) is 3.53. The van der Waals surface area contributed by atoms with E-state index < -0.39 is 27.2 Å². The predicted octanol–water partition coefficient (Wildman–Crippen LogP) is 0.726. The van der Waals surface area contributed by atoms with Crippen molar-refractivity contribution >= 4 is 16.0 Å². The van der Waals surface area contributed by atoms with Gasteiger partial charge < -0.3 is 5.11 Å². The van der Waals surface area contributed by atoms with Gasteiger partial charge in [-0.3, -0.25) is 4.79 Å². The second kappa shape index (κ2) is 4.25. The van der Waals surface area contributed by atoms with Crippen LogP contribution in [0.25, 0.3) is 0 Å². The van der Waals surface area contributed by atoms with Crippen molar-refractivity contribution < 1.29 is 27.1 Å². The molecule has 1 heterocycles. The molecule has 0 aromatic heterocycles. The molecule has 0 radical (unpaired) electrons. The molecular formula is C8H13F2NO4S. The smallest absolute Gasteiger partial charge is 0.350 e. The molecule has 8 heteroatoms. The number of sulfonamides is 1. The lowest BCUT2D eigenvalue weighted by molar-refractivity contribution is -0.148. The van der Waals surface area contributed by atoms with E-state index in [9.17, 15) is 22.0 Å². The van der Waals surface area contributed by atoms with Gasteiger partial charge in [0.15, 0.2) is 0 Å². The van der Waals surface area contributed by atoms with Gasteiger partial charge in [-0.1, -0.05) is 6.92 Å². The maximum absolute atomic E-state index is 12.2. The maximum Gasteiger partial charge on any atom is 0.350 e. The third-order valence-electron chi connectivity index (χ3n) is 3.03. The van der Waals surface area contributed by atoms with Gasteiger partial charge in [0.25, 0.3) is 10.0 Å². The summed E-state index contributed by atoms with van der Waals surface area (Å²) in [6, 6.07) is 0. The molecule has 1 aliphatic rings. The van der Waals surface area contributed by atoms with E-state index in [1.54, 1.807) is 6.92 Å². The minimum Gasteiger partial charge on any atom is -0.481 e. The first-order chi connectivity index (χ1) is 7.26. The van der Waals surface area contributed by atoms with Crippen molar-refractivity contribution in [3.05, 3.63) is 0 Å². The van der Waals surface area contributed by atoms with E-state index in [1.165, 1.54) is 0 Å². The van der Waals surface area contributed by atoms with Gasteiger partial charge in [-0.05, 0) is 12.8 Å². The highest BCUT2D eigenvalue weighted by molar-refractivity contribution is 7.89. The number of hydrogen-bond donors (Lipinski definition) is 1. The van der Waals surface area contributed by atoms with Gasteiger partial charge in [-0.2, -0.15) is 13.1 Å². The Balaban J connectivity index is 2.91. The van der Waals surface area contributed by atoms with E-state index in [2.05, 4.69) is 0 Å². The average molecular weight is 257 g/mol. The fourth-order valence-corrected chi connectivity index (χ4v) is 2.78. The average Bonchev–Trinajstić information content (AvgIpc) is 2.63. The van der Waals surface area contributed by atoms with Crippen molar-refractivity contribution in [1.82, 2.24) is 4.31 Å². The Labute approximate surface area is 92.1 Å². The van der Waals surface area contributed by atoms with Crippen molar-refractivity contribution in [2.75, 3.05) is 13.1 Å². The number of aliphatic carboxylic acids is 1. The van der Waals surface area contributed by atoms with Crippen LogP contribution in [-0.4, -0.2) is 42.6 Å². The quantitative estimate of drug-likeness (QED) is 0.805. The van der Waals surface area contributed by atoms with Crippen LogP contribution in [0.15, 0.2) is 0 Å². The normalized spacial score (nSPS) is 27.5. The minimum atomic E-state index is -4.65. The third-order valence-corrected chi connectivity index (χ3v) is 4.52. The zero-order valence-electron chi connectivity index (χ0n) is 8.69. The third kappa shape index (κ3) is 2.03. The summed E-state index contributed by atoms with van der Waals surface area (Å²) in [5.41, 5.74) is -1.22. The molecule has 1 aliphatic heterocycles. The topological polar surface area (TPSA) is 74.7 Å². The summed E-state index contributed by atoms with van der Waals surface area (Å²) >= 11 is 0. The number of carboxylic acids is 1. The van der Waals surface area contributed by atoms with Gasteiger partial charge in [0.2, 0.25) is 0 Å². The van der Waals surface area contributed by atoms with Crippen LogP contribution in [-0.2, 0) is 14.8 Å². The van der Waals surface area contributed by atoms with Crippen LogP contribution >= 0.6 is 0 Å². The molecule has 1 unspecified atom stereocenters. The lowest BCUT2D eigenvalue weighted by atomic mass is 9.85. The number of carbonyl (C=O) groups is 1. The molecular weight excluding hydrogens is 244 g/mol. The zero-order chi connectivity index (χ0) is 12.6. The molecule has 16 heavy (non-hydrogen) atoms. The summed E-state index contributed by atoms with van der Waals surface area (Å²) in [5, 5.41) is 8.98. The molecule has 0 bridgehead atoms. The number of alkyl halides is 2. The van der Waals surface area contributed by atoms with Gasteiger partial charge >= 0.3 is 11.7 Å². The summed E-state index contributed by atoms with van der Waals surface area (Å²) in [6.45, 7) is 1.07. The molecule has 0 aliphatic carbocycles. The number of halogens is 2. The van der Waals surface area contributed by atoms with Gasteiger partial charge in [0.1, 0.15) is 0 Å². The first-order valence-electron chi connectivity index (χ1n) is 4.77. The summed E-state index contributed by atoms with van der Waals surface area (Å²) in [6.07, 6.45) is 0.294. The fraction of sp³-hybridized carbons (Fsp3) is 0.875. The van der Waals surface area contributed by atoms with Crippen molar-refractivity contribution in [2.45, 2.75) is 25.5 Å². The molecule has 1 saturated heterocycles. The minimum absolute atomic E-state index is 0.0742. The number of nitrogens with zero attached hydrogens (tertiary/aromatic N) is 1. The molecule has 1 fully saturated rings.